The fourth-order valence-corrected chi connectivity index (χ4v) is 2.99. The van der Waals surface area contributed by atoms with Gasteiger partial charge in [-0.25, -0.2) is 4.79 Å². The van der Waals surface area contributed by atoms with Crippen LogP contribution in [0.1, 0.15) is 11.1 Å². The molecule has 0 spiro atoms. The van der Waals surface area contributed by atoms with Crippen molar-refractivity contribution in [1.82, 2.24) is 9.88 Å². The maximum Gasteiger partial charge on any atom is 0.407 e. The topological polar surface area (TPSA) is 65.6 Å². The third kappa shape index (κ3) is 4.97. The SMILES string of the molecule is O=C(O)N(CCc1c[nH]c2cccc(OCc3ccccc3)c12)CC(F)(F)F. The molecule has 2 N–H and O–H groups in total. The van der Waals surface area contributed by atoms with Crippen LogP contribution in [0, 0.1) is 0 Å². The molecule has 148 valence electrons. The van der Waals surface area contributed by atoms with Crippen LogP contribution in [0.2, 0.25) is 0 Å². The quantitative estimate of drug-likeness (QED) is 0.605. The Morgan fingerprint density at radius 3 is 2.54 bits per heavy atom. The first-order valence-electron chi connectivity index (χ1n) is 8.64. The van der Waals surface area contributed by atoms with E-state index in [2.05, 4.69) is 4.98 Å². The number of H-pyrrole nitrogens is 1. The number of ether oxygens (including phenoxy) is 1. The largest absolute Gasteiger partial charge is 0.488 e. The number of alkyl halides is 3. The first kappa shape index (κ1) is 19.6. The maximum absolute atomic E-state index is 12.6. The van der Waals surface area contributed by atoms with Crippen LogP contribution < -0.4 is 4.74 Å². The number of benzene rings is 2. The van der Waals surface area contributed by atoms with Crippen molar-refractivity contribution >= 4 is 17.0 Å². The average molecular weight is 392 g/mol. The highest BCUT2D eigenvalue weighted by molar-refractivity contribution is 5.89. The van der Waals surface area contributed by atoms with Crippen LogP contribution in [0.3, 0.4) is 0 Å². The number of fused-ring (bicyclic) bond motifs is 1. The summed E-state index contributed by atoms with van der Waals surface area (Å²) in [6.07, 6.45) is -4.37. The summed E-state index contributed by atoms with van der Waals surface area (Å²) in [7, 11) is 0. The number of hydrogen-bond donors (Lipinski definition) is 2. The first-order valence-corrected chi connectivity index (χ1v) is 8.64. The third-order valence-electron chi connectivity index (χ3n) is 4.28. The van der Waals surface area contributed by atoms with Gasteiger partial charge in [0.1, 0.15) is 18.9 Å². The highest BCUT2D eigenvalue weighted by Crippen LogP contribution is 2.30. The fraction of sp³-hybridized carbons (Fsp3) is 0.250. The summed E-state index contributed by atoms with van der Waals surface area (Å²) in [5.74, 6) is 0.593. The van der Waals surface area contributed by atoms with Crippen molar-refractivity contribution in [3.63, 3.8) is 0 Å². The number of nitrogens with zero attached hydrogens (tertiary/aromatic N) is 1. The Morgan fingerprint density at radius 1 is 1.11 bits per heavy atom. The van der Waals surface area contributed by atoms with Crippen molar-refractivity contribution < 1.29 is 27.8 Å². The summed E-state index contributed by atoms with van der Waals surface area (Å²) in [5, 5.41) is 9.78. The molecule has 2 aromatic carbocycles. The number of rotatable bonds is 7. The Labute approximate surface area is 159 Å². The molecule has 0 bridgehead atoms. The summed E-state index contributed by atoms with van der Waals surface area (Å²) in [6, 6.07) is 15.0. The van der Waals surface area contributed by atoms with Crippen molar-refractivity contribution in [2.75, 3.05) is 13.1 Å². The predicted molar refractivity (Wildman–Crippen MR) is 98.4 cm³/mol. The highest BCUT2D eigenvalue weighted by atomic mass is 19.4. The van der Waals surface area contributed by atoms with Crippen LogP contribution in [-0.4, -0.2) is 40.3 Å². The Kier molecular flexibility index (Phi) is 5.77. The molecule has 3 rings (SSSR count). The average Bonchev–Trinajstić information content (AvgIpc) is 3.07. The van der Waals surface area contributed by atoms with Gasteiger partial charge in [0.15, 0.2) is 0 Å². The molecule has 1 amide bonds. The van der Waals surface area contributed by atoms with E-state index in [0.717, 1.165) is 16.5 Å². The monoisotopic (exact) mass is 392 g/mol. The Hall–Kier alpha value is -3.16. The molecule has 0 radical (unpaired) electrons. The molecule has 8 heteroatoms. The van der Waals surface area contributed by atoms with Gasteiger partial charge in [-0.15, -0.1) is 0 Å². The zero-order valence-electron chi connectivity index (χ0n) is 14.9. The van der Waals surface area contributed by atoms with Crippen molar-refractivity contribution in [3.05, 3.63) is 65.9 Å². The van der Waals surface area contributed by atoms with E-state index in [0.29, 0.717) is 22.8 Å². The molecule has 5 nitrogen and oxygen atoms in total. The summed E-state index contributed by atoms with van der Waals surface area (Å²) >= 11 is 0. The summed E-state index contributed by atoms with van der Waals surface area (Å²) in [4.78, 5) is 14.5. The van der Waals surface area contributed by atoms with Gasteiger partial charge >= 0.3 is 12.3 Å². The van der Waals surface area contributed by atoms with E-state index in [4.69, 9.17) is 9.84 Å². The molecule has 28 heavy (non-hydrogen) atoms. The Morgan fingerprint density at radius 2 is 1.86 bits per heavy atom. The molecule has 3 aromatic rings. The van der Waals surface area contributed by atoms with Crippen LogP contribution in [-0.2, 0) is 13.0 Å². The fourth-order valence-electron chi connectivity index (χ4n) is 2.99. The molecule has 1 aromatic heterocycles. The molecular formula is C20H19F3N2O3. The molecule has 0 aliphatic carbocycles. The summed E-state index contributed by atoms with van der Waals surface area (Å²) < 4.78 is 43.6. The zero-order chi connectivity index (χ0) is 20.1. The minimum Gasteiger partial charge on any atom is -0.488 e. The number of aromatic nitrogens is 1. The second-order valence-corrected chi connectivity index (χ2v) is 6.34. The van der Waals surface area contributed by atoms with Crippen LogP contribution in [0.4, 0.5) is 18.0 Å². The van der Waals surface area contributed by atoms with Crippen molar-refractivity contribution in [1.29, 1.82) is 0 Å². The van der Waals surface area contributed by atoms with E-state index in [9.17, 15) is 18.0 Å². The molecule has 0 saturated carbocycles. The number of amides is 1. The molecule has 0 atom stereocenters. The van der Waals surface area contributed by atoms with Gasteiger partial charge in [0.05, 0.1) is 0 Å². The van der Waals surface area contributed by atoms with Gasteiger partial charge in [0.25, 0.3) is 0 Å². The van der Waals surface area contributed by atoms with E-state index >= 15 is 0 Å². The normalized spacial score (nSPS) is 11.5. The van der Waals surface area contributed by atoms with Crippen LogP contribution in [0.5, 0.6) is 5.75 Å². The number of carboxylic acid groups (broad SMARTS) is 1. The minimum atomic E-state index is -4.58. The molecule has 1 heterocycles. The van der Waals surface area contributed by atoms with Crippen LogP contribution in [0.25, 0.3) is 10.9 Å². The summed E-state index contributed by atoms with van der Waals surface area (Å²) in [6.45, 7) is -1.42. The molecular weight excluding hydrogens is 373 g/mol. The third-order valence-corrected chi connectivity index (χ3v) is 4.28. The predicted octanol–water partition coefficient (Wildman–Crippen LogP) is 4.83. The standard InChI is InChI=1S/C20H19F3N2O3/c21-20(22,23)13-25(19(26)27)10-9-15-11-24-16-7-4-8-17(18(15)16)28-12-14-5-2-1-3-6-14/h1-8,11,24H,9-10,12-13H2,(H,26,27). The van der Waals surface area contributed by atoms with Crippen molar-refractivity contribution in [2.45, 2.75) is 19.2 Å². The minimum absolute atomic E-state index is 0.133. The maximum atomic E-state index is 12.6. The lowest BCUT2D eigenvalue weighted by Gasteiger charge is -2.20. The van der Waals surface area contributed by atoms with Gasteiger partial charge in [-0.1, -0.05) is 36.4 Å². The first-order chi connectivity index (χ1) is 13.3. The van der Waals surface area contributed by atoms with Crippen molar-refractivity contribution in [3.8, 4) is 5.75 Å². The van der Waals surface area contributed by atoms with Gasteiger partial charge in [-0.3, -0.25) is 4.90 Å². The number of carbonyl (C=O) groups is 1. The van der Waals surface area contributed by atoms with Gasteiger partial charge < -0.3 is 14.8 Å². The Bertz CT molecular complexity index is 939. The van der Waals surface area contributed by atoms with E-state index in [1.165, 1.54) is 0 Å². The number of halogens is 3. The van der Waals surface area contributed by atoms with Gasteiger partial charge in [-0.2, -0.15) is 13.2 Å². The second-order valence-electron chi connectivity index (χ2n) is 6.34. The molecule has 0 saturated heterocycles. The molecule has 0 aliphatic rings. The van der Waals surface area contributed by atoms with Crippen LogP contribution in [0.15, 0.2) is 54.7 Å². The van der Waals surface area contributed by atoms with Gasteiger partial charge in [0, 0.05) is 23.6 Å². The van der Waals surface area contributed by atoms with Crippen LogP contribution >= 0.6 is 0 Å². The second kappa shape index (κ2) is 8.24. The van der Waals surface area contributed by atoms with Gasteiger partial charge in [-0.05, 0) is 29.7 Å². The van der Waals surface area contributed by atoms with Gasteiger partial charge in [0.2, 0.25) is 0 Å². The summed E-state index contributed by atoms with van der Waals surface area (Å²) in [5.41, 5.74) is 2.46. The number of hydrogen-bond acceptors (Lipinski definition) is 2. The molecule has 0 fully saturated rings. The van der Waals surface area contributed by atoms with E-state index < -0.39 is 18.8 Å². The lowest BCUT2D eigenvalue weighted by Crippen LogP contribution is -2.39. The highest BCUT2D eigenvalue weighted by Gasteiger charge is 2.32. The van der Waals surface area contributed by atoms with Crippen molar-refractivity contribution in [2.24, 2.45) is 0 Å². The molecule has 0 unspecified atom stereocenters. The lowest BCUT2D eigenvalue weighted by atomic mass is 10.1. The zero-order valence-corrected chi connectivity index (χ0v) is 14.9. The molecule has 0 aliphatic heterocycles. The van der Waals surface area contributed by atoms with E-state index in [1.807, 2.05) is 42.5 Å². The smallest absolute Gasteiger partial charge is 0.407 e. The van der Waals surface area contributed by atoms with E-state index in [1.54, 1.807) is 12.3 Å². The number of nitrogens with one attached hydrogen (secondary N) is 1. The Balaban J connectivity index is 1.77. The lowest BCUT2D eigenvalue weighted by molar-refractivity contribution is -0.141. The number of aromatic amines is 1. The van der Waals surface area contributed by atoms with E-state index in [-0.39, 0.29) is 13.0 Å².